The van der Waals surface area contributed by atoms with Crippen LogP contribution in [0.15, 0.2) is 41.1 Å². The van der Waals surface area contributed by atoms with Crippen LogP contribution in [0.2, 0.25) is 0 Å². The molecule has 0 saturated heterocycles. The first kappa shape index (κ1) is 13.6. The van der Waals surface area contributed by atoms with Crippen molar-refractivity contribution < 1.29 is 0 Å². The van der Waals surface area contributed by atoms with Gasteiger partial charge in [-0.3, -0.25) is 0 Å². The second kappa shape index (κ2) is 5.46. The number of hydrogen-bond donors (Lipinski definition) is 1. The predicted molar refractivity (Wildman–Crippen MR) is 81.4 cm³/mol. The molecule has 0 bridgehead atoms. The quantitative estimate of drug-likeness (QED) is 0.872. The second-order valence-electron chi connectivity index (χ2n) is 5.24. The standard InChI is InChI=1S/C16H18N2S/c1-12(13-8-9-19-10-13)18-15-6-4-14(5-7-15)16(2,3)11-17/h4-10,12,18H,1-3H3. The summed E-state index contributed by atoms with van der Waals surface area (Å²) in [6.07, 6.45) is 0. The van der Waals surface area contributed by atoms with Gasteiger partial charge in [0.1, 0.15) is 0 Å². The molecule has 0 fully saturated rings. The van der Waals surface area contributed by atoms with Crippen LogP contribution in [0, 0.1) is 11.3 Å². The highest BCUT2D eigenvalue weighted by Crippen LogP contribution is 2.25. The van der Waals surface area contributed by atoms with Crippen molar-refractivity contribution in [3.8, 4) is 6.07 Å². The molecular formula is C16H18N2S. The fraction of sp³-hybridized carbons (Fsp3) is 0.312. The molecule has 19 heavy (non-hydrogen) atoms. The highest BCUT2D eigenvalue weighted by molar-refractivity contribution is 7.07. The number of benzene rings is 1. The number of anilines is 1. The zero-order chi connectivity index (χ0) is 13.9. The molecule has 1 atom stereocenters. The van der Waals surface area contributed by atoms with Gasteiger partial charge in [-0.2, -0.15) is 16.6 Å². The van der Waals surface area contributed by atoms with Gasteiger partial charge in [-0.15, -0.1) is 0 Å². The molecule has 0 radical (unpaired) electrons. The lowest BCUT2D eigenvalue weighted by Gasteiger charge is -2.18. The zero-order valence-corrected chi connectivity index (χ0v) is 12.3. The molecule has 2 aromatic rings. The number of hydrogen-bond acceptors (Lipinski definition) is 3. The van der Waals surface area contributed by atoms with Gasteiger partial charge < -0.3 is 5.32 Å². The van der Waals surface area contributed by atoms with E-state index in [1.165, 1.54) is 5.56 Å². The SMILES string of the molecule is CC(Nc1ccc(C(C)(C)C#N)cc1)c1ccsc1. The number of thiophene rings is 1. The van der Waals surface area contributed by atoms with Crippen LogP contribution in [0.25, 0.3) is 0 Å². The van der Waals surface area contributed by atoms with E-state index in [9.17, 15) is 0 Å². The molecule has 0 amide bonds. The Morgan fingerprint density at radius 1 is 1.21 bits per heavy atom. The van der Waals surface area contributed by atoms with Crippen LogP contribution < -0.4 is 5.32 Å². The summed E-state index contributed by atoms with van der Waals surface area (Å²) in [5, 5.41) is 16.8. The van der Waals surface area contributed by atoms with Gasteiger partial charge in [0, 0.05) is 11.7 Å². The maximum absolute atomic E-state index is 9.12. The molecule has 0 aliphatic rings. The van der Waals surface area contributed by atoms with Crippen molar-refractivity contribution in [2.24, 2.45) is 0 Å². The van der Waals surface area contributed by atoms with E-state index in [4.69, 9.17) is 5.26 Å². The lowest BCUT2D eigenvalue weighted by atomic mass is 9.86. The van der Waals surface area contributed by atoms with E-state index < -0.39 is 5.41 Å². The minimum Gasteiger partial charge on any atom is -0.378 e. The molecule has 1 N–H and O–H groups in total. The normalized spacial score (nSPS) is 12.7. The van der Waals surface area contributed by atoms with Gasteiger partial charge >= 0.3 is 0 Å². The third-order valence-electron chi connectivity index (χ3n) is 3.31. The van der Waals surface area contributed by atoms with Crippen LogP contribution in [0.3, 0.4) is 0 Å². The van der Waals surface area contributed by atoms with Gasteiger partial charge in [0.05, 0.1) is 11.5 Å². The summed E-state index contributed by atoms with van der Waals surface area (Å²) in [5.74, 6) is 0. The van der Waals surface area contributed by atoms with Gasteiger partial charge in [-0.05, 0) is 60.9 Å². The van der Waals surface area contributed by atoms with Gasteiger partial charge in [0.25, 0.3) is 0 Å². The molecular weight excluding hydrogens is 252 g/mol. The Balaban J connectivity index is 2.10. The van der Waals surface area contributed by atoms with Gasteiger partial charge in [-0.1, -0.05) is 12.1 Å². The summed E-state index contributed by atoms with van der Waals surface area (Å²) in [6.45, 7) is 6.02. The Morgan fingerprint density at radius 2 is 1.89 bits per heavy atom. The first-order chi connectivity index (χ1) is 9.03. The summed E-state index contributed by atoms with van der Waals surface area (Å²) in [6, 6.07) is 12.9. The predicted octanol–water partition coefficient (Wildman–Crippen LogP) is 4.72. The fourth-order valence-corrected chi connectivity index (χ4v) is 2.66. The summed E-state index contributed by atoms with van der Waals surface area (Å²) < 4.78 is 0. The molecule has 0 aliphatic carbocycles. The summed E-state index contributed by atoms with van der Waals surface area (Å²) >= 11 is 1.71. The summed E-state index contributed by atoms with van der Waals surface area (Å²) in [7, 11) is 0. The van der Waals surface area contributed by atoms with E-state index in [0.717, 1.165) is 11.3 Å². The number of nitrogens with one attached hydrogen (secondary N) is 1. The number of rotatable bonds is 4. The van der Waals surface area contributed by atoms with Gasteiger partial charge in [0.15, 0.2) is 0 Å². The molecule has 1 aromatic heterocycles. The molecule has 0 spiro atoms. The van der Waals surface area contributed by atoms with Crippen molar-refractivity contribution in [2.75, 3.05) is 5.32 Å². The van der Waals surface area contributed by atoms with Crippen LogP contribution in [0.1, 0.15) is 37.9 Å². The first-order valence-electron chi connectivity index (χ1n) is 6.33. The smallest absolute Gasteiger partial charge is 0.0766 e. The minimum atomic E-state index is -0.433. The molecule has 98 valence electrons. The van der Waals surface area contributed by atoms with Crippen molar-refractivity contribution in [1.29, 1.82) is 5.26 Å². The van der Waals surface area contributed by atoms with Crippen molar-refractivity contribution in [3.05, 3.63) is 52.2 Å². The van der Waals surface area contributed by atoms with Crippen molar-refractivity contribution in [2.45, 2.75) is 32.2 Å². The Hall–Kier alpha value is -1.79. The van der Waals surface area contributed by atoms with Crippen LogP contribution in [0.4, 0.5) is 5.69 Å². The molecule has 1 unspecified atom stereocenters. The lowest BCUT2D eigenvalue weighted by Crippen LogP contribution is -2.13. The topological polar surface area (TPSA) is 35.8 Å². The highest BCUT2D eigenvalue weighted by Gasteiger charge is 2.19. The Kier molecular flexibility index (Phi) is 3.92. The van der Waals surface area contributed by atoms with Crippen LogP contribution in [0.5, 0.6) is 0 Å². The van der Waals surface area contributed by atoms with E-state index in [1.54, 1.807) is 11.3 Å². The molecule has 0 saturated carbocycles. The van der Waals surface area contributed by atoms with E-state index in [-0.39, 0.29) is 0 Å². The van der Waals surface area contributed by atoms with Crippen molar-refractivity contribution in [3.63, 3.8) is 0 Å². The molecule has 3 heteroatoms. The Morgan fingerprint density at radius 3 is 2.42 bits per heavy atom. The van der Waals surface area contributed by atoms with E-state index in [0.29, 0.717) is 6.04 Å². The third kappa shape index (κ3) is 3.15. The monoisotopic (exact) mass is 270 g/mol. The fourth-order valence-electron chi connectivity index (χ4n) is 1.90. The lowest BCUT2D eigenvalue weighted by molar-refractivity contribution is 0.687. The number of nitriles is 1. The summed E-state index contributed by atoms with van der Waals surface area (Å²) in [4.78, 5) is 0. The zero-order valence-electron chi connectivity index (χ0n) is 11.5. The average molecular weight is 270 g/mol. The van der Waals surface area contributed by atoms with E-state index in [1.807, 2.05) is 38.1 Å². The van der Waals surface area contributed by atoms with Crippen molar-refractivity contribution >= 4 is 17.0 Å². The number of nitrogens with zero attached hydrogens (tertiary/aromatic N) is 1. The van der Waals surface area contributed by atoms with Crippen LogP contribution in [-0.2, 0) is 5.41 Å². The highest BCUT2D eigenvalue weighted by atomic mass is 32.1. The Bertz CT molecular complexity index is 562. The van der Waals surface area contributed by atoms with Gasteiger partial charge in [0.2, 0.25) is 0 Å². The largest absolute Gasteiger partial charge is 0.378 e. The second-order valence-corrected chi connectivity index (χ2v) is 6.02. The maximum atomic E-state index is 9.12. The van der Waals surface area contributed by atoms with E-state index >= 15 is 0 Å². The Labute approximate surface area is 118 Å². The molecule has 1 heterocycles. The van der Waals surface area contributed by atoms with Crippen LogP contribution >= 0.6 is 11.3 Å². The third-order valence-corrected chi connectivity index (χ3v) is 4.01. The minimum absolute atomic E-state index is 0.293. The molecule has 1 aromatic carbocycles. The maximum Gasteiger partial charge on any atom is 0.0766 e. The van der Waals surface area contributed by atoms with Crippen LogP contribution in [-0.4, -0.2) is 0 Å². The van der Waals surface area contributed by atoms with Gasteiger partial charge in [-0.25, -0.2) is 0 Å². The molecule has 2 rings (SSSR count). The average Bonchev–Trinajstić information content (AvgIpc) is 2.93. The molecule has 0 aliphatic heterocycles. The van der Waals surface area contributed by atoms with Crippen molar-refractivity contribution in [1.82, 2.24) is 0 Å². The summed E-state index contributed by atoms with van der Waals surface area (Å²) in [5.41, 5.74) is 2.99. The van der Waals surface area contributed by atoms with E-state index in [2.05, 4.69) is 35.1 Å². The first-order valence-corrected chi connectivity index (χ1v) is 7.27. The molecule has 2 nitrogen and oxygen atoms in total.